The zero-order chi connectivity index (χ0) is 19.2. The van der Waals surface area contributed by atoms with E-state index in [1.54, 1.807) is 0 Å². The Morgan fingerprint density at radius 2 is 1.76 bits per heavy atom. The van der Waals surface area contributed by atoms with Gasteiger partial charge in [0.25, 0.3) is 0 Å². The third kappa shape index (κ3) is 3.34. The molecule has 0 saturated heterocycles. The number of aliphatic carboxylic acids is 1. The number of esters is 1. The van der Waals surface area contributed by atoms with E-state index in [0.29, 0.717) is 0 Å². The molecule has 2 rings (SSSR count). The maximum absolute atomic E-state index is 11.6. The van der Waals surface area contributed by atoms with Crippen molar-refractivity contribution < 1.29 is 29.6 Å². The molecule has 6 nitrogen and oxygen atoms in total. The summed E-state index contributed by atoms with van der Waals surface area (Å²) in [6.45, 7) is 8.96. The molecule has 2 saturated carbocycles. The molecule has 0 unspecified atom stereocenters. The van der Waals surface area contributed by atoms with Crippen LogP contribution < -0.4 is 0 Å². The van der Waals surface area contributed by atoms with E-state index in [9.17, 15) is 19.8 Å². The largest absolute Gasteiger partial charge is 0.478 e. The Morgan fingerprint density at radius 1 is 1.16 bits per heavy atom. The van der Waals surface area contributed by atoms with Crippen LogP contribution in [0.3, 0.4) is 0 Å². The first-order valence-corrected chi connectivity index (χ1v) is 8.83. The third-order valence-corrected chi connectivity index (χ3v) is 6.40. The van der Waals surface area contributed by atoms with Gasteiger partial charge in [0.2, 0.25) is 0 Å². The second kappa shape index (κ2) is 6.40. The van der Waals surface area contributed by atoms with E-state index in [0.717, 1.165) is 25.3 Å². The standard InChI is InChI=1S/C19H30O6/c1-11(20)25-14-15-17(2,3)9-6-10-18(15,4)12(7-8-13(21)22)19(5,24)16(14)23/h7-8,12,14-16,23-24H,6,9-10H2,1-5H3,(H,21,22)/b8-7-/t12-,14+,15-,16+,18-,19-/m1/s1. The highest BCUT2D eigenvalue weighted by atomic mass is 16.6. The second-order valence-corrected chi connectivity index (χ2v) is 8.75. The van der Waals surface area contributed by atoms with E-state index < -0.39 is 41.1 Å². The minimum absolute atomic E-state index is 0.198. The highest BCUT2D eigenvalue weighted by Gasteiger charge is 2.65. The SMILES string of the molecule is CC(=O)O[C@H]1[C@@H]2C(C)(C)CCC[C@]2(C)[C@@H](/C=C\C(=O)O)[C@@](C)(O)[C@H]1O. The number of aliphatic hydroxyl groups is 2. The number of carboxylic acids is 1. The van der Waals surface area contributed by atoms with Crippen molar-refractivity contribution in [2.24, 2.45) is 22.7 Å². The highest BCUT2D eigenvalue weighted by molar-refractivity contribution is 5.79. The molecule has 6 heteroatoms. The molecule has 0 aromatic heterocycles. The number of aliphatic hydroxyl groups excluding tert-OH is 1. The Bertz CT molecular complexity index is 578. The highest BCUT2D eigenvalue weighted by Crippen LogP contribution is 2.62. The molecule has 0 radical (unpaired) electrons. The molecule has 0 aliphatic heterocycles. The van der Waals surface area contributed by atoms with Crippen molar-refractivity contribution in [3.63, 3.8) is 0 Å². The molecule has 3 N–H and O–H groups in total. The number of carbonyl (C=O) groups is 2. The van der Waals surface area contributed by atoms with Crippen LogP contribution in [0.15, 0.2) is 12.2 Å². The van der Waals surface area contributed by atoms with Gasteiger partial charge in [0, 0.05) is 24.8 Å². The summed E-state index contributed by atoms with van der Waals surface area (Å²) in [5, 5.41) is 31.0. The molecule has 142 valence electrons. The van der Waals surface area contributed by atoms with Crippen LogP contribution in [-0.2, 0) is 14.3 Å². The number of fused-ring (bicyclic) bond motifs is 1. The van der Waals surface area contributed by atoms with Crippen molar-refractivity contribution in [2.75, 3.05) is 0 Å². The van der Waals surface area contributed by atoms with Gasteiger partial charge in [-0.05, 0) is 30.6 Å². The normalized spacial score (nSPS) is 43.5. The molecule has 0 amide bonds. The Balaban J connectivity index is 2.61. The molecule has 25 heavy (non-hydrogen) atoms. The molecule has 6 atom stereocenters. The smallest absolute Gasteiger partial charge is 0.327 e. The van der Waals surface area contributed by atoms with Crippen LogP contribution >= 0.6 is 0 Å². The van der Waals surface area contributed by atoms with Gasteiger partial charge in [-0.2, -0.15) is 0 Å². The van der Waals surface area contributed by atoms with Crippen LogP contribution in [0.25, 0.3) is 0 Å². The van der Waals surface area contributed by atoms with Crippen LogP contribution in [0.2, 0.25) is 0 Å². The van der Waals surface area contributed by atoms with Crippen LogP contribution in [0.1, 0.15) is 53.9 Å². The summed E-state index contributed by atoms with van der Waals surface area (Å²) in [5.74, 6) is -2.36. The lowest BCUT2D eigenvalue weighted by Crippen LogP contribution is -2.70. The lowest BCUT2D eigenvalue weighted by atomic mass is 9.44. The molecule has 0 heterocycles. The number of carbonyl (C=O) groups excluding carboxylic acids is 1. The molecule has 0 spiro atoms. The van der Waals surface area contributed by atoms with Crippen LogP contribution in [-0.4, -0.2) is 45.1 Å². The molecular weight excluding hydrogens is 324 g/mol. The topological polar surface area (TPSA) is 104 Å². The quantitative estimate of drug-likeness (QED) is 0.530. The number of hydrogen-bond acceptors (Lipinski definition) is 5. The Hall–Kier alpha value is -1.40. The molecule has 0 aromatic rings. The zero-order valence-corrected chi connectivity index (χ0v) is 15.7. The maximum Gasteiger partial charge on any atom is 0.327 e. The second-order valence-electron chi connectivity index (χ2n) is 8.75. The summed E-state index contributed by atoms with van der Waals surface area (Å²) in [4.78, 5) is 22.7. The first-order valence-electron chi connectivity index (χ1n) is 8.83. The minimum Gasteiger partial charge on any atom is -0.478 e. The first-order chi connectivity index (χ1) is 11.3. The Kier molecular flexibility index (Phi) is 5.10. The van der Waals surface area contributed by atoms with Crippen molar-refractivity contribution in [2.45, 2.75) is 71.7 Å². The Labute approximate surface area is 148 Å². The fourth-order valence-corrected chi connectivity index (χ4v) is 5.58. The van der Waals surface area contributed by atoms with Crippen LogP contribution in [0.4, 0.5) is 0 Å². The number of hydrogen-bond donors (Lipinski definition) is 3. The van der Waals surface area contributed by atoms with E-state index in [4.69, 9.17) is 9.84 Å². The summed E-state index contributed by atoms with van der Waals surface area (Å²) in [5.41, 5.74) is -2.33. The van der Waals surface area contributed by atoms with E-state index >= 15 is 0 Å². The van der Waals surface area contributed by atoms with Gasteiger partial charge in [-0.25, -0.2) is 4.79 Å². The lowest BCUT2D eigenvalue weighted by Gasteiger charge is -2.63. The monoisotopic (exact) mass is 354 g/mol. The van der Waals surface area contributed by atoms with Crippen molar-refractivity contribution in [3.05, 3.63) is 12.2 Å². The molecule has 2 fully saturated rings. The van der Waals surface area contributed by atoms with Gasteiger partial charge in [-0.3, -0.25) is 4.79 Å². The van der Waals surface area contributed by atoms with Crippen molar-refractivity contribution in [3.8, 4) is 0 Å². The van der Waals surface area contributed by atoms with Crippen LogP contribution in [0, 0.1) is 22.7 Å². The summed E-state index contributed by atoms with van der Waals surface area (Å²) < 4.78 is 5.49. The average Bonchev–Trinajstić information content (AvgIpc) is 2.42. The molecule has 0 bridgehead atoms. The predicted octanol–water partition coefficient (Wildman–Crippen LogP) is 2.13. The van der Waals surface area contributed by atoms with Crippen molar-refractivity contribution >= 4 is 11.9 Å². The summed E-state index contributed by atoms with van der Waals surface area (Å²) in [7, 11) is 0. The van der Waals surface area contributed by atoms with Crippen molar-refractivity contribution in [1.82, 2.24) is 0 Å². The molecule has 2 aliphatic rings. The van der Waals surface area contributed by atoms with Gasteiger partial charge in [0.15, 0.2) is 0 Å². The number of carboxylic acid groups (broad SMARTS) is 1. The summed E-state index contributed by atoms with van der Waals surface area (Å²) >= 11 is 0. The minimum atomic E-state index is -1.61. The maximum atomic E-state index is 11.6. The van der Waals surface area contributed by atoms with Gasteiger partial charge in [-0.1, -0.05) is 33.3 Å². The van der Waals surface area contributed by atoms with Gasteiger partial charge >= 0.3 is 11.9 Å². The van der Waals surface area contributed by atoms with Gasteiger partial charge < -0.3 is 20.1 Å². The molecule has 0 aromatic carbocycles. The first kappa shape index (κ1) is 19.9. The Morgan fingerprint density at radius 3 is 2.28 bits per heavy atom. The van der Waals surface area contributed by atoms with E-state index in [2.05, 4.69) is 13.8 Å². The lowest BCUT2D eigenvalue weighted by molar-refractivity contribution is -0.261. The van der Waals surface area contributed by atoms with Gasteiger partial charge in [0.1, 0.15) is 12.2 Å². The van der Waals surface area contributed by atoms with Gasteiger partial charge in [0.05, 0.1) is 5.60 Å². The fourth-order valence-electron chi connectivity index (χ4n) is 5.58. The average molecular weight is 354 g/mol. The fraction of sp³-hybridized carbons (Fsp3) is 0.789. The van der Waals surface area contributed by atoms with Crippen molar-refractivity contribution in [1.29, 1.82) is 0 Å². The van der Waals surface area contributed by atoms with E-state index in [-0.39, 0.29) is 11.3 Å². The van der Waals surface area contributed by atoms with Gasteiger partial charge in [-0.15, -0.1) is 0 Å². The predicted molar refractivity (Wildman–Crippen MR) is 91.7 cm³/mol. The zero-order valence-electron chi connectivity index (χ0n) is 15.7. The summed E-state index contributed by atoms with van der Waals surface area (Å²) in [6.07, 6.45) is 2.99. The van der Waals surface area contributed by atoms with E-state index in [1.165, 1.54) is 19.9 Å². The molecule has 2 aliphatic carbocycles. The van der Waals surface area contributed by atoms with Crippen LogP contribution in [0.5, 0.6) is 0 Å². The van der Waals surface area contributed by atoms with E-state index in [1.807, 2.05) is 6.92 Å². The molecular formula is C19H30O6. The number of ether oxygens (including phenoxy) is 1. The third-order valence-electron chi connectivity index (χ3n) is 6.40. The number of rotatable bonds is 3. The summed E-state index contributed by atoms with van der Waals surface area (Å²) in [6, 6.07) is 0.